The van der Waals surface area contributed by atoms with Crippen LogP contribution in [0.4, 0.5) is 0 Å². The predicted molar refractivity (Wildman–Crippen MR) is 72.2 cm³/mol. The van der Waals surface area contributed by atoms with Crippen LogP contribution in [0.2, 0.25) is 0 Å². The van der Waals surface area contributed by atoms with Crippen molar-refractivity contribution >= 4 is 11.3 Å². The molecule has 1 atom stereocenters. The van der Waals surface area contributed by atoms with Crippen molar-refractivity contribution in [2.24, 2.45) is 5.73 Å². The molecule has 0 bridgehead atoms. The molecule has 2 aromatic rings. The van der Waals surface area contributed by atoms with Crippen molar-refractivity contribution in [1.82, 2.24) is 0 Å². The van der Waals surface area contributed by atoms with E-state index in [2.05, 4.69) is 35.7 Å². The highest BCUT2D eigenvalue weighted by molar-refractivity contribution is 7.10. The number of hydrogen-bond acceptors (Lipinski definition) is 3. The molecular weight excluding hydrogens is 230 g/mol. The lowest BCUT2D eigenvalue weighted by Crippen LogP contribution is -2.16. The molecule has 0 spiro atoms. The molecule has 0 saturated heterocycles. The molecule has 3 heteroatoms. The van der Waals surface area contributed by atoms with Gasteiger partial charge >= 0.3 is 0 Å². The van der Waals surface area contributed by atoms with E-state index in [0.717, 1.165) is 6.42 Å². The highest BCUT2D eigenvalue weighted by Crippen LogP contribution is 2.21. The summed E-state index contributed by atoms with van der Waals surface area (Å²) in [6, 6.07) is 14.5. The van der Waals surface area contributed by atoms with E-state index in [1.807, 2.05) is 12.1 Å². The number of ether oxygens (including phenoxy) is 1. The van der Waals surface area contributed by atoms with Gasteiger partial charge in [-0.15, -0.1) is 11.3 Å². The molecule has 0 amide bonds. The normalized spacial score (nSPS) is 12.5. The average Bonchev–Trinajstić information content (AvgIpc) is 2.90. The van der Waals surface area contributed by atoms with Crippen LogP contribution in [0.3, 0.4) is 0 Å². The molecule has 0 radical (unpaired) electrons. The molecule has 2 rings (SSSR count). The van der Waals surface area contributed by atoms with Crippen molar-refractivity contribution < 1.29 is 4.74 Å². The van der Waals surface area contributed by atoms with Gasteiger partial charge in [-0.1, -0.05) is 36.4 Å². The third-order valence-corrected chi connectivity index (χ3v) is 3.59. The Hall–Kier alpha value is -1.16. The smallest absolute Gasteiger partial charge is 0.104 e. The average molecular weight is 247 g/mol. The summed E-state index contributed by atoms with van der Waals surface area (Å²) in [7, 11) is 0. The van der Waals surface area contributed by atoms with E-state index < -0.39 is 0 Å². The third-order valence-electron chi connectivity index (χ3n) is 2.63. The number of nitrogens with two attached hydrogens (primary N) is 1. The number of thiophene rings is 1. The van der Waals surface area contributed by atoms with Crippen LogP contribution in [-0.2, 0) is 11.2 Å². The molecular formula is C14H17NOS. The highest BCUT2D eigenvalue weighted by atomic mass is 32.1. The van der Waals surface area contributed by atoms with E-state index in [4.69, 9.17) is 10.5 Å². The van der Waals surface area contributed by atoms with Gasteiger partial charge in [-0.2, -0.15) is 0 Å². The molecule has 1 aromatic heterocycles. The second-order valence-electron chi connectivity index (χ2n) is 3.85. The summed E-state index contributed by atoms with van der Waals surface area (Å²) in [5, 5.41) is 2.05. The van der Waals surface area contributed by atoms with Crippen LogP contribution in [0.1, 0.15) is 16.5 Å². The Bertz CT molecular complexity index is 413. The van der Waals surface area contributed by atoms with Gasteiger partial charge < -0.3 is 10.5 Å². The Labute approximate surface area is 106 Å². The largest absolute Gasteiger partial charge is 0.371 e. The highest BCUT2D eigenvalue weighted by Gasteiger charge is 2.10. The van der Waals surface area contributed by atoms with Crippen LogP contribution in [0.15, 0.2) is 47.8 Å². The first-order valence-electron chi connectivity index (χ1n) is 5.79. The van der Waals surface area contributed by atoms with Crippen molar-refractivity contribution in [2.45, 2.75) is 12.5 Å². The maximum Gasteiger partial charge on any atom is 0.104 e. The molecule has 17 heavy (non-hydrogen) atoms. The Balaban J connectivity index is 1.81. The SMILES string of the molecule is NCC(OCCc1ccccc1)c1cccs1. The van der Waals surface area contributed by atoms with Gasteiger partial charge in [-0.25, -0.2) is 0 Å². The first kappa shape index (κ1) is 12.3. The van der Waals surface area contributed by atoms with Crippen molar-refractivity contribution in [1.29, 1.82) is 0 Å². The van der Waals surface area contributed by atoms with Crippen LogP contribution in [-0.4, -0.2) is 13.2 Å². The quantitative estimate of drug-likeness (QED) is 0.851. The zero-order valence-corrected chi connectivity index (χ0v) is 10.5. The maximum atomic E-state index is 5.83. The summed E-state index contributed by atoms with van der Waals surface area (Å²) < 4.78 is 5.83. The molecule has 2 nitrogen and oxygen atoms in total. The fraction of sp³-hybridized carbons (Fsp3) is 0.286. The molecule has 2 N–H and O–H groups in total. The summed E-state index contributed by atoms with van der Waals surface area (Å²) in [6.45, 7) is 1.25. The standard InChI is InChI=1S/C14H17NOS/c15-11-13(14-7-4-10-17-14)16-9-8-12-5-2-1-3-6-12/h1-7,10,13H,8-9,11,15H2. The van der Waals surface area contributed by atoms with Gasteiger partial charge in [-0.3, -0.25) is 0 Å². The lowest BCUT2D eigenvalue weighted by Gasteiger charge is -2.14. The lowest BCUT2D eigenvalue weighted by molar-refractivity contribution is 0.0633. The Morgan fingerprint density at radius 1 is 1.12 bits per heavy atom. The Kier molecular flexibility index (Phi) is 4.74. The van der Waals surface area contributed by atoms with Crippen LogP contribution in [0, 0.1) is 0 Å². The van der Waals surface area contributed by atoms with Crippen LogP contribution < -0.4 is 5.73 Å². The van der Waals surface area contributed by atoms with E-state index in [1.54, 1.807) is 11.3 Å². The maximum absolute atomic E-state index is 5.83. The fourth-order valence-corrected chi connectivity index (χ4v) is 2.49. The summed E-state index contributed by atoms with van der Waals surface area (Å²) in [5.41, 5.74) is 7.03. The summed E-state index contributed by atoms with van der Waals surface area (Å²) in [6.07, 6.45) is 0.974. The lowest BCUT2D eigenvalue weighted by atomic mass is 10.2. The Morgan fingerprint density at radius 3 is 2.59 bits per heavy atom. The van der Waals surface area contributed by atoms with E-state index in [0.29, 0.717) is 13.2 Å². The number of benzene rings is 1. The first-order valence-corrected chi connectivity index (χ1v) is 6.67. The van der Waals surface area contributed by atoms with Gasteiger partial charge in [0.05, 0.1) is 6.61 Å². The van der Waals surface area contributed by atoms with Crippen LogP contribution in [0.5, 0.6) is 0 Å². The summed E-state index contributed by atoms with van der Waals surface area (Å²) in [5.74, 6) is 0. The Morgan fingerprint density at radius 2 is 1.94 bits per heavy atom. The van der Waals surface area contributed by atoms with E-state index in [9.17, 15) is 0 Å². The minimum Gasteiger partial charge on any atom is -0.371 e. The fourth-order valence-electron chi connectivity index (χ4n) is 1.70. The molecule has 90 valence electrons. The molecule has 0 aliphatic rings. The van der Waals surface area contributed by atoms with Crippen molar-refractivity contribution in [3.8, 4) is 0 Å². The first-order chi connectivity index (χ1) is 8.40. The third kappa shape index (κ3) is 3.66. The van der Waals surface area contributed by atoms with Gasteiger partial charge in [0.2, 0.25) is 0 Å². The van der Waals surface area contributed by atoms with Gasteiger partial charge in [0.1, 0.15) is 6.10 Å². The van der Waals surface area contributed by atoms with Crippen molar-refractivity contribution in [2.75, 3.05) is 13.2 Å². The minimum absolute atomic E-state index is 0.0405. The van der Waals surface area contributed by atoms with Gasteiger partial charge in [0.15, 0.2) is 0 Å². The second kappa shape index (κ2) is 6.55. The summed E-state index contributed by atoms with van der Waals surface area (Å²) in [4.78, 5) is 1.21. The molecule has 0 aliphatic heterocycles. The van der Waals surface area contributed by atoms with Gasteiger partial charge in [0, 0.05) is 11.4 Å². The van der Waals surface area contributed by atoms with Gasteiger partial charge in [0.25, 0.3) is 0 Å². The zero-order valence-electron chi connectivity index (χ0n) is 9.71. The molecule has 0 aliphatic carbocycles. The number of rotatable bonds is 6. The van der Waals surface area contributed by atoms with Crippen LogP contribution >= 0.6 is 11.3 Å². The summed E-state index contributed by atoms with van der Waals surface area (Å²) >= 11 is 1.70. The minimum atomic E-state index is 0.0405. The van der Waals surface area contributed by atoms with Gasteiger partial charge in [-0.05, 0) is 23.4 Å². The predicted octanol–water partition coefficient (Wildman–Crippen LogP) is 3.01. The number of hydrogen-bond donors (Lipinski definition) is 1. The molecule has 0 fully saturated rings. The molecule has 1 heterocycles. The van der Waals surface area contributed by atoms with Crippen molar-refractivity contribution in [3.05, 3.63) is 58.3 Å². The zero-order chi connectivity index (χ0) is 11.9. The van der Waals surface area contributed by atoms with Crippen LogP contribution in [0.25, 0.3) is 0 Å². The molecule has 0 saturated carbocycles. The van der Waals surface area contributed by atoms with E-state index >= 15 is 0 Å². The molecule has 1 aromatic carbocycles. The second-order valence-corrected chi connectivity index (χ2v) is 4.83. The topological polar surface area (TPSA) is 35.2 Å². The van der Waals surface area contributed by atoms with E-state index in [1.165, 1.54) is 10.4 Å². The monoisotopic (exact) mass is 247 g/mol. The van der Waals surface area contributed by atoms with Crippen molar-refractivity contribution in [3.63, 3.8) is 0 Å². The van der Waals surface area contributed by atoms with E-state index in [-0.39, 0.29) is 6.10 Å². The molecule has 1 unspecified atom stereocenters.